The van der Waals surface area contributed by atoms with Gasteiger partial charge in [0.1, 0.15) is 0 Å². The van der Waals surface area contributed by atoms with Gasteiger partial charge >= 0.3 is 6.18 Å². The number of amides is 1. The van der Waals surface area contributed by atoms with Crippen LogP contribution in [0.4, 0.5) is 18.9 Å². The highest BCUT2D eigenvalue weighted by atomic mass is 19.4. The van der Waals surface area contributed by atoms with Crippen molar-refractivity contribution in [2.45, 2.75) is 6.18 Å². The molecule has 1 aromatic carbocycles. The first-order chi connectivity index (χ1) is 8.70. The van der Waals surface area contributed by atoms with Crippen LogP contribution in [0.3, 0.4) is 0 Å². The van der Waals surface area contributed by atoms with E-state index >= 15 is 0 Å². The van der Waals surface area contributed by atoms with Crippen molar-refractivity contribution in [1.29, 1.82) is 5.26 Å². The van der Waals surface area contributed by atoms with Crippen LogP contribution >= 0.6 is 0 Å². The van der Waals surface area contributed by atoms with Gasteiger partial charge in [0, 0.05) is 12.1 Å². The Bertz CT molecular complexity index is 482. The summed E-state index contributed by atoms with van der Waals surface area (Å²) in [6.45, 7) is 0. The van der Waals surface area contributed by atoms with Gasteiger partial charge in [-0.2, -0.15) is 18.4 Å². The predicted molar refractivity (Wildman–Crippen MR) is 57.4 cm³/mol. The van der Waals surface area contributed by atoms with Gasteiger partial charge in [-0.15, -0.1) is 0 Å². The second-order valence-electron chi connectivity index (χ2n) is 3.10. The Morgan fingerprint density at radius 1 is 1.37 bits per heavy atom. The molecule has 0 saturated carbocycles. The number of nitrogens with zero attached hydrogens (tertiary/aromatic N) is 2. The van der Waals surface area contributed by atoms with Gasteiger partial charge in [0.05, 0.1) is 11.0 Å². The molecule has 1 unspecified atom stereocenters. The van der Waals surface area contributed by atoms with Gasteiger partial charge in [-0.25, -0.2) is 0 Å². The minimum atomic E-state index is -4.85. The lowest BCUT2D eigenvalue weighted by Crippen LogP contribution is -2.34. The molecule has 0 heterocycles. The first kappa shape index (κ1) is 16.4. The molecule has 6 nitrogen and oxygen atoms in total. The molecule has 0 aliphatic heterocycles. The molecule has 1 amide bonds. The van der Waals surface area contributed by atoms with Crippen LogP contribution in [0.15, 0.2) is 30.3 Å². The zero-order valence-electron chi connectivity index (χ0n) is 9.29. The summed E-state index contributed by atoms with van der Waals surface area (Å²) in [6.07, 6.45) is -4.85. The van der Waals surface area contributed by atoms with E-state index in [0.717, 1.165) is 6.07 Å². The summed E-state index contributed by atoms with van der Waals surface area (Å²) in [5, 5.41) is 17.8. The molecular formula is C10H8F3N3O3. The monoisotopic (exact) mass is 275 g/mol. The minimum absolute atomic E-state index is 0.137. The summed E-state index contributed by atoms with van der Waals surface area (Å²) < 4.78 is 34.3. The van der Waals surface area contributed by atoms with E-state index in [1.165, 1.54) is 12.1 Å². The minimum Gasteiger partial charge on any atom is -0.368 e. The molecule has 0 aromatic heterocycles. The third-order valence-corrected chi connectivity index (χ3v) is 1.71. The fourth-order valence-corrected chi connectivity index (χ4v) is 0.848. The van der Waals surface area contributed by atoms with Gasteiger partial charge in [-0.1, -0.05) is 18.2 Å². The highest BCUT2D eigenvalue weighted by molar-refractivity contribution is 5.80. The first-order valence-electron chi connectivity index (χ1n) is 4.65. The molecule has 0 radical (unpaired) electrons. The number of rotatable bonds is 2. The third kappa shape index (κ3) is 6.02. The lowest BCUT2D eigenvalue weighted by Gasteiger charge is -2.07. The molecular weight excluding hydrogens is 267 g/mol. The van der Waals surface area contributed by atoms with Crippen LogP contribution in [0, 0.1) is 27.4 Å². The normalized spacial score (nSPS) is 11.5. The van der Waals surface area contributed by atoms with Crippen molar-refractivity contribution in [3.8, 4) is 6.07 Å². The van der Waals surface area contributed by atoms with Crippen molar-refractivity contribution < 1.29 is 22.9 Å². The zero-order valence-corrected chi connectivity index (χ0v) is 9.29. The van der Waals surface area contributed by atoms with Gasteiger partial charge in [0.25, 0.3) is 5.69 Å². The number of carbonyl (C=O) groups is 1. The highest BCUT2D eigenvalue weighted by Gasteiger charge is 2.44. The van der Waals surface area contributed by atoms with E-state index in [4.69, 9.17) is 5.26 Å². The lowest BCUT2D eigenvalue weighted by atomic mass is 10.1. The maximum Gasteiger partial charge on any atom is 0.413 e. The molecule has 1 rings (SSSR count). The van der Waals surface area contributed by atoms with Crippen LogP contribution in [0.2, 0.25) is 0 Å². The summed E-state index contributed by atoms with van der Waals surface area (Å²) in [5.74, 6) is -4.36. The molecule has 0 spiro atoms. The van der Waals surface area contributed by atoms with E-state index in [0.29, 0.717) is 0 Å². The Morgan fingerprint density at radius 2 is 1.84 bits per heavy atom. The van der Waals surface area contributed by atoms with Crippen molar-refractivity contribution in [1.82, 2.24) is 0 Å². The van der Waals surface area contributed by atoms with Gasteiger partial charge in [-0.05, 0) is 0 Å². The summed E-state index contributed by atoms with van der Waals surface area (Å²) in [5.41, 5.74) is 4.39. The number of benzene rings is 1. The van der Waals surface area contributed by atoms with Crippen LogP contribution in [0.1, 0.15) is 0 Å². The molecule has 9 heteroatoms. The Labute approximate surface area is 105 Å². The second kappa shape index (κ2) is 6.95. The molecule has 1 atom stereocenters. The fourth-order valence-electron chi connectivity index (χ4n) is 0.848. The summed E-state index contributed by atoms with van der Waals surface area (Å²) in [7, 11) is 0. The van der Waals surface area contributed by atoms with E-state index < -0.39 is 22.9 Å². The van der Waals surface area contributed by atoms with Crippen molar-refractivity contribution >= 4 is 11.6 Å². The quantitative estimate of drug-likeness (QED) is 0.654. The van der Waals surface area contributed by atoms with Crippen LogP contribution < -0.4 is 5.73 Å². The molecule has 0 fully saturated rings. The third-order valence-electron chi connectivity index (χ3n) is 1.71. The lowest BCUT2D eigenvalue weighted by molar-refractivity contribution is -0.384. The van der Waals surface area contributed by atoms with Crippen molar-refractivity contribution in [2.24, 2.45) is 11.7 Å². The van der Waals surface area contributed by atoms with Gasteiger partial charge in [0.2, 0.25) is 11.8 Å². The molecule has 0 saturated heterocycles. The largest absolute Gasteiger partial charge is 0.413 e. The topological polar surface area (TPSA) is 110 Å². The zero-order chi connectivity index (χ0) is 15.1. The molecule has 1 aromatic rings. The summed E-state index contributed by atoms with van der Waals surface area (Å²) in [4.78, 5) is 19.4. The Kier molecular flexibility index (Phi) is 5.99. The number of halogens is 3. The SMILES string of the molecule is N#CC(C(N)=O)C(F)(F)F.O=[N+]([O-])c1ccccc1. The predicted octanol–water partition coefficient (Wildman–Crippen LogP) is 1.77. The Morgan fingerprint density at radius 3 is 2.00 bits per heavy atom. The fraction of sp³-hybridized carbons (Fsp3) is 0.200. The molecule has 0 aliphatic rings. The Balaban J connectivity index is 0.000000342. The number of nitro benzene ring substituents is 1. The average molecular weight is 275 g/mol. The number of hydrogen-bond acceptors (Lipinski definition) is 4. The van der Waals surface area contributed by atoms with E-state index in [2.05, 4.69) is 5.73 Å². The number of primary amides is 1. The smallest absolute Gasteiger partial charge is 0.368 e. The van der Waals surface area contributed by atoms with E-state index in [9.17, 15) is 28.1 Å². The van der Waals surface area contributed by atoms with E-state index in [1.807, 2.05) is 0 Å². The number of para-hydroxylation sites is 1. The molecule has 0 bridgehead atoms. The summed E-state index contributed by atoms with van der Waals surface area (Å²) in [6, 6.07) is 8.68. The number of nitrogens with two attached hydrogens (primary N) is 1. The maximum absolute atomic E-state index is 11.4. The number of alkyl halides is 3. The highest BCUT2D eigenvalue weighted by Crippen LogP contribution is 2.24. The number of nitro groups is 1. The van der Waals surface area contributed by atoms with E-state index in [-0.39, 0.29) is 5.69 Å². The molecule has 0 aliphatic carbocycles. The van der Waals surface area contributed by atoms with Crippen molar-refractivity contribution in [3.63, 3.8) is 0 Å². The van der Waals surface area contributed by atoms with E-state index in [1.54, 1.807) is 18.2 Å². The van der Waals surface area contributed by atoms with Crippen LogP contribution in [-0.4, -0.2) is 17.0 Å². The number of carbonyl (C=O) groups excluding carboxylic acids is 1. The van der Waals surface area contributed by atoms with Crippen molar-refractivity contribution in [3.05, 3.63) is 40.4 Å². The van der Waals surface area contributed by atoms with Gasteiger partial charge in [-0.3, -0.25) is 14.9 Å². The van der Waals surface area contributed by atoms with Crippen molar-refractivity contribution in [2.75, 3.05) is 0 Å². The van der Waals surface area contributed by atoms with Crippen LogP contribution in [0.25, 0.3) is 0 Å². The molecule has 2 N–H and O–H groups in total. The standard InChI is InChI=1S/C6H5NO2.C4H3F3N2O/c8-7(9)6-4-2-1-3-5-6;5-4(6,7)2(1-8)3(9)10/h1-5H;2H,(H2,9,10). The van der Waals surface area contributed by atoms with Crippen LogP contribution in [-0.2, 0) is 4.79 Å². The summed E-state index contributed by atoms with van der Waals surface area (Å²) >= 11 is 0. The first-order valence-corrected chi connectivity index (χ1v) is 4.65. The average Bonchev–Trinajstić information content (AvgIpc) is 2.29. The molecule has 102 valence electrons. The number of hydrogen-bond donors (Lipinski definition) is 1. The van der Waals surface area contributed by atoms with Gasteiger partial charge in [0.15, 0.2) is 0 Å². The maximum atomic E-state index is 11.4. The Hall–Kier alpha value is -2.63. The number of nitriles is 1. The molecule has 19 heavy (non-hydrogen) atoms. The van der Waals surface area contributed by atoms with Gasteiger partial charge < -0.3 is 5.73 Å². The number of non-ortho nitro benzene ring substituents is 1. The van der Waals surface area contributed by atoms with Crippen LogP contribution in [0.5, 0.6) is 0 Å². The second-order valence-corrected chi connectivity index (χ2v) is 3.10.